The Morgan fingerprint density at radius 1 is 1.15 bits per heavy atom. The molecule has 1 aromatic heterocycles. The molecule has 0 amide bonds. The van der Waals surface area contributed by atoms with Crippen LogP contribution in [0.1, 0.15) is 81.9 Å². The minimum absolute atomic E-state index is 0.0270. The Hall–Kier alpha value is -2.48. The second-order valence-electron chi connectivity index (χ2n) is 12.6. The van der Waals surface area contributed by atoms with Crippen molar-refractivity contribution in [1.82, 2.24) is 4.57 Å². The standard InChI is InChI=1S/C31H41ClFNO4Si/c1-9-38-29(36)23-19-34(26(30(2,3)4)15-16-31(5,6)39(7,8)37)25-14-13-20(18-22(25)28(23)35)17-21-11-10-12-24(32)27(21)33/h10-14,18-19,26,37H,9,15-17H2,1-8H3/t26-/m1/s1. The predicted octanol–water partition coefficient (Wildman–Crippen LogP) is 7.91. The molecule has 3 rings (SSSR count). The van der Waals surface area contributed by atoms with Gasteiger partial charge in [-0.05, 0) is 72.6 Å². The van der Waals surface area contributed by atoms with Crippen molar-refractivity contribution in [3.63, 3.8) is 0 Å². The number of carbonyl (C=O) groups excluding carboxylic acids is 1. The van der Waals surface area contributed by atoms with Crippen molar-refractivity contribution in [3.05, 3.63) is 80.3 Å². The highest BCUT2D eigenvalue weighted by atomic mass is 35.5. The smallest absolute Gasteiger partial charge is 0.343 e. The maximum atomic E-state index is 14.6. The highest BCUT2D eigenvalue weighted by Crippen LogP contribution is 2.45. The Kier molecular flexibility index (Phi) is 9.20. The molecule has 0 radical (unpaired) electrons. The SMILES string of the molecule is CCOC(=O)c1cn([C@H](CCC(C)(C)[Si](C)(C)O)C(C)(C)C)c2ccc(Cc3cccc(Cl)c3F)cc2c1=O. The van der Waals surface area contributed by atoms with Crippen molar-refractivity contribution in [3.8, 4) is 0 Å². The summed E-state index contributed by atoms with van der Waals surface area (Å²) in [5.41, 5.74) is 1.19. The molecule has 0 aliphatic rings. The van der Waals surface area contributed by atoms with E-state index in [4.69, 9.17) is 16.3 Å². The molecule has 0 bridgehead atoms. The first-order chi connectivity index (χ1) is 18.0. The van der Waals surface area contributed by atoms with E-state index >= 15 is 0 Å². The first kappa shape index (κ1) is 31.0. The first-order valence-corrected chi connectivity index (χ1v) is 16.8. The summed E-state index contributed by atoms with van der Waals surface area (Å²) < 4.78 is 21.9. The summed E-state index contributed by atoms with van der Waals surface area (Å²) in [4.78, 5) is 37.4. The van der Waals surface area contributed by atoms with Crippen molar-refractivity contribution in [2.75, 3.05) is 6.61 Å². The van der Waals surface area contributed by atoms with Gasteiger partial charge in [-0.15, -0.1) is 0 Å². The van der Waals surface area contributed by atoms with Gasteiger partial charge in [-0.3, -0.25) is 4.79 Å². The number of nitrogens with zero attached hydrogens (tertiary/aromatic N) is 1. The van der Waals surface area contributed by atoms with E-state index in [1.54, 1.807) is 31.3 Å². The van der Waals surface area contributed by atoms with Crippen LogP contribution in [-0.2, 0) is 11.2 Å². The molecule has 3 aromatic rings. The lowest BCUT2D eigenvalue weighted by Gasteiger charge is -2.40. The van der Waals surface area contributed by atoms with Crippen molar-refractivity contribution in [1.29, 1.82) is 0 Å². The molecule has 0 fully saturated rings. The minimum Gasteiger partial charge on any atom is -0.462 e. The lowest BCUT2D eigenvalue weighted by atomic mass is 9.82. The molecule has 5 nitrogen and oxygen atoms in total. The number of fused-ring (bicyclic) bond motifs is 1. The van der Waals surface area contributed by atoms with Crippen LogP contribution in [0.2, 0.25) is 23.2 Å². The molecule has 0 saturated heterocycles. The molecule has 2 aromatic carbocycles. The minimum atomic E-state index is -2.44. The van der Waals surface area contributed by atoms with E-state index in [9.17, 15) is 18.8 Å². The van der Waals surface area contributed by atoms with Gasteiger partial charge in [-0.1, -0.05) is 64.4 Å². The van der Waals surface area contributed by atoms with Gasteiger partial charge in [-0.2, -0.15) is 0 Å². The van der Waals surface area contributed by atoms with E-state index in [2.05, 4.69) is 34.6 Å². The van der Waals surface area contributed by atoms with Crippen molar-refractivity contribution < 1.29 is 18.7 Å². The molecule has 0 spiro atoms. The van der Waals surface area contributed by atoms with Crippen LogP contribution in [-0.4, -0.2) is 30.3 Å². The zero-order valence-electron chi connectivity index (χ0n) is 24.3. The third-order valence-corrected chi connectivity index (χ3v) is 11.9. The predicted molar refractivity (Wildman–Crippen MR) is 160 cm³/mol. The van der Waals surface area contributed by atoms with Gasteiger partial charge in [0.15, 0.2) is 8.32 Å². The molecule has 39 heavy (non-hydrogen) atoms. The molecule has 1 heterocycles. The number of esters is 1. The summed E-state index contributed by atoms with van der Waals surface area (Å²) in [5, 5.41) is 0.194. The number of pyridine rings is 1. The summed E-state index contributed by atoms with van der Waals surface area (Å²) in [6.07, 6.45) is 3.39. The maximum absolute atomic E-state index is 14.6. The number of hydrogen-bond acceptors (Lipinski definition) is 4. The lowest BCUT2D eigenvalue weighted by Crippen LogP contribution is -2.40. The molecule has 0 unspecified atom stereocenters. The summed E-state index contributed by atoms with van der Waals surface area (Å²) in [6.45, 7) is 16.4. The van der Waals surface area contributed by atoms with Gasteiger partial charge in [0.05, 0.1) is 17.1 Å². The molecule has 8 heteroatoms. The number of rotatable bonds is 9. The van der Waals surface area contributed by atoms with Crippen LogP contribution in [0.4, 0.5) is 4.39 Å². The second kappa shape index (κ2) is 11.6. The fourth-order valence-electron chi connectivity index (χ4n) is 4.82. The van der Waals surface area contributed by atoms with Gasteiger partial charge >= 0.3 is 5.97 Å². The largest absolute Gasteiger partial charge is 0.462 e. The van der Waals surface area contributed by atoms with Crippen LogP contribution < -0.4 is 5.43 Å². The molecular formula is C31H41ClFNO4Si. The zero-order valence-corrected chi connectivity index (χ0v) is 26.1. The molecule has 212 valence electrons. The molecule has 0 saturated carbocycles. The topological polar surface area (TPSA) is 68.5 Å². The Morgan fingerprint density at radius 2 is 1.82 bits per heavy atom. The third-order valence-electron chi connectivity index (χ3n) is 8.05. The average molecular weight is 574 g/mol. The van der Waals surface area contributed by atoms with Gasteiger partial charge < -0.3 is 14.1 Å². The molecule has 0 aliphatic carbocycles. The van der Waals surface area contributed by atoms with E-state index in [0.29, 0.717) is 16.5 Å². The van der Waals surface area contributed by atoms with Crippen LogP contribution in [0.5, 0.6) is 0 Å². The molecule has 1 N–H and O–H groups in total. The van der Waals surface area contributed by atoms with Gasteiger partial charge in [0, 0.05) is 24.0 Å². The molecular weight excluding hydrogens is 533 g/mol. The van der Waals surface area contributed by atoms with E-state index in [1.165, 1.54) is 6.07 Å². The monoisotopic (exact) mass is 573 g/mol. The number of benzene rings is 2. The number of aromatic nitrogens is 1. The van der Waals surface area contributed by atoms with Gasteiger partial charge in [0.25, 0.3) is 0 Å². The fourth-order valence-corrected chi connectivity index (χ4v) is 5.77. The van der Waals surface area contributed by atoms with Gasteiger partial charge in [-0.25, -0.2) is 9.18 Å². The normalized spacial score (nSPS) is 13.5. The number of ether oxygens (including phenoxy) is 1. The molecule has 1 atom stereocenters. The van der Waals surface area contributed by atoms with E-state index in [1.807, 2.05) is 29.8 Å². The third kappa shape index (κ3) is 6.81. The highest BCUT2D eigenvalue weighted by Gasteiger charge is 2.39. The van der Waals surface area contributed by atoms with Crippen molar-refractivity contribution in [2.24, 2.45) is 5.41 Å². The Morgan fingerprint density at radius 3 is 2.41 bits per heavy atom. The number of halogens is 2. The summed E-state index contributed by atoms with van der Waals surface area (Å²) >= 11 is 5.98. The molecule has 0 aliphatic heterocycles. The maximum Gasteiger partial charge on any atom is 0.343 e. The lowest BCUT2D eigenvalue weighted by molar-refractivity contribution is 0.0523. The van der Waals surface area contributed by atoms with Crippen LogP contribution in [0.15, 0.2) is 47.4 Å². The Labute approximate surface area is 237 Å². The fraction of sp³-hybridized carbons (Fsp3) is 0.484. The van der Waals surface area contributed by atoms with Crippen molar-refractivity contribution in [2.45, 2.75) is 85.0 Å². The van der Waals surface area contributed by atoms with Crippen LogP contribution >= 0.6 is 11.6 Å². The summed E-state index contributed by atoms with van der Waals surface area (Å²) in [6, 6.07) is 10.3. The van der Waals surface area contributed by atoms with Gasteiger partial charge in [0.1, 0.15) is 11.4 Å². The van der Waals surface area contributed by atoms with E-state index in [0.717, 1.165) is 18.4 Å². The second-order valence-corrected chi connectivity index (χ2v) is 17.5. The quantitative estimate of drug-likeness (QED) is 0.209. The zero-order chi connectivity index (χ0) is 29.3. The Balaban J connectivity index is 2.21. The van der Waals surface area contributed by atoms with Crippen LogP contribution in [0.25, 0.3) is 10.9 Å². The first-order valence-electron chi connectivity index (χ1n) is 13.5. The highest BCUT2D eigenvalue weighted by molar-refractivity contribution is 6.72. The summed E-state index contributed by atoms with van der Waals surface area (Å²) in [7, 11) is -2.44. The number of carbonyl (C=O) groups is 1. The van der Waals surface area contributed by atoms with E-state index < -0.39 is 25.5 Å². The van der Waals surface area contributed by atoms with E-state index in [-0.39, 0.29) is 40.1 Å². The average Bonchev–Trinajstić information content (AvgIpc) is 2.82. The summed E-state index contributed by atoms with van der Waals surface area (Å²) in [5.74, 6) is -1.15. The van der Waals surface area contributed by atoms with Crippen LogP contribution in [0.3, 0.4) is 0 Å². The van der Waals surface area contributed by atoms with Crippen LogP contribution in [0, 0.1) is 11.2 Å². The van der Waals surface area contributed by atoms with Gasteiger partial charge in [0.2, 0.25) is 5.43 Å². The Bertz CT molecular complexity index is 1420. The van der Waals surface area contributed by atoms with Crippen molar-refractivity contribution >= 4 is 36.8 Å². The number of hydrogen-bond donors (Lipinski definition) is 1.